The molecule has 0 aliphatic heterocycles. The highest BCUT2D eigenvalue weighted by atomic mass is 15.0. The van der Waals surface area contributed by atoms with Crippen molar-refractivity contribution >= 4 is 32.6 Å². The minimum atomic E-state index is -0.277. The average Bonchev–Trinajstić information content (AvgIpc) is 3.81. The molecular weight excluding hydrogens is 739 g/mol. The van der Waals surface area contributed by atoms with Crippen LogP contribution in [0.2, 0.25) is 0 Å². The number of hydrogen-bond donors (Lipinski definition) is 0. The molecule has 286 valence electrons. The largest absolute Gasteiger partial charge is 0.309 e. The van der Waals surface area contributed by atoms with Gasteiger partial charge in [-0.1, -0.05) is 182 Å². The monoisotopic (exact) mass is 777 g/mol. The summed E-state index contributed by atoms with van der Waals surface area (Å²) >= 11 is 0. The van der Waals surface area contributed by atoms with E-state index >= 15 is 0 Å². The highest BCUT2D eigenvalue weighted by molar-refractivity contribution is 6.16. The maximum absolute atomic E-state index is 5.35. The Balaban J connectivity index is 1.06. The molecule has 0 bridgehead atoms. The number of nitrogens with zero attached hydrogens (tertiary/aromatic N) is 3. The Bertz CT molecular complexity index is 3480. The molecular formula is C58H39N3. The molecule has 1 aliphatic rings. The predicted octanol–water partition coefficient (Wildman–Crippen LogP) is 14.7. The van der Waals surface area contributed by atoms with Crippen LogP contribution in [-0.2, 0) is 5.41 Å². The molecule has 61 heavy (non-hydrogen) atoms. The zero-order chi connectivity index (χ0) is 40.5. The zero-order valence-corrected chi connectivity index (χ0v) is 33.6. The second-order valence-electron chi connectivity index (χ2n) is 16.2. The van der Waals surface area contributed by atoms with Gasteiger partial charge in [-0.3, -0.25) is 0 Å². The fourth-order valence-corrected chi connectivity index (χ4v) is 10.0. The van der Waals surface area contributed by atoms with E-state index in [0.29, 0.717) is 5.82 Å². The third kappa shape index (κ3) is 5.44. The molecule has 11 aromatic rings. The van der Waals surface area contributed by atoms with Gasteiger partial charge in [0.2, 0.25) is 0 Å². The maximum Gasteiger partial charge on any atom is 0.160 e. The SMILES string of the molecule is CC1(c2ccccc2)c2ccccc2-c2ccc(-c3ccc(-c4cc(-c5cccc6c5c5ccccc5n6-c5ccccc5)nc(-c5ccccc5)n4)c4ccccc34)cc21. The van der Waals surface area contributed by atoms with Gasteiger partial charge in [-0.05, 0) is 93.0 Å². The van der Waals surface area contributed by atoms with Crippen LogP contribution in [0.25, 0.3) is 94.4 Å². The summed E-state index contributed by atoms with van der Waals surface area (Å²) in [5.74, 6) is 0.698. The first kappa shape index (κ1) is 35.1. The highest BCUT2D eigenvalue weighted by Crippen LogP contribution is 2.53. The van der Waals surface area contributed by atoms with Crippen LogP contribution in [-0.4, -0.2) is 14.5 Å². The molecule has 0 amide bonds. The summed E-state index contributed by atoms with van der Waals surface area (Å²) in [6.07, 6.45) is 0. The van der Waals surface area contributed by atoms with E-state index < -0.39 is 0 Å². The number of hydrogen-bond acceptors (Lipinski definition) is 2. The molecule has 0 radical (unpaired) electrons. The summed E-state index contributed by atoms with van der Waals surface area (Å²) < 4.78 is 2.36. The lowest BCUT2D eigenvalue weighted by atomic mass is 9.74. The van der Waals surface area contributed by atoms with Crippen molar-refractivity contribution in [1.82, 2.24) is 14.5 Å². The van der Waals surface area contributed by atoms with Crippen LogP contribution in [0.4, 0.5) is 0 Å². The first-order chi connectivity index (χ1) is 30.1. The molecule has 0 spiro atoms. The molecule has 0 N–H and O–H groups in total. The van der Waals surface area contributed by atoms with Gasteiger partial charge >= 0.3 is 0 Å². The second-order valence-corrected chi connectivity index (χ2v) is 16.2. The summed E-state index contributed by atoms with van der Waals surface area (Å²) in [5, 5.41) is 4.70. The molecule has 1 unspecified atom stereocenters. The van der Waals surface area contributed by atoms with Crippen molar-refractivity contribution < 1.29 is 0 Å². The topological polar surface area (TPSA) is 30.7 Å². The summed E-state index contributed by atoms with van der Waals surface area (Å²) in [6.45, 7) is 2.38. The molecule has 9 aromatic carbocycles. The lowest BCUT2D eigenvalue weighted by Crippen LogP contribution is -2.22. The Kier molecular flexibility index (Phi) is 7.98. The molecule has 2 aromatic heterocycles. The molecule has 12 rings (SSSR count). The van der Waals surface area contributed by atoms with E-state index in [2.05, 4.69) is 224 Å². The first-order valence-corrected chi connectivity index (χ1v) is 21.0. The van der Waals surface area contributed by atoms with Gasteiger partial charge in [-0.25, -0.2) is 9.97 Å². The van der Waals surface area contributed by atoms with Crippen molar-refractivity contribution in [2.24, 2.45) is 0 Å². The molecule has 3 nitrogen and oxygen atoms in total. The maximum atomic E-state index is 5.35. The van der Waals surface area contributed by atoms with Crippen molar-refractivity contribution in [1.29, 1.82) is 0 Å². The molecule has 2 heterocycles. The molecule has 1 aliphatic carbocycles. The van der Waals surface area contributed by atoms with Crippen molar-refractivity contribution in [3.05, 3.63) is 235 Å². The Morgan fingerprint density at radius 3 is 1.72 bits per heavy atom. The van der Waals surface area contributed by atoms with Gasteiger partial charge in [0.05, 0.1) is 22.4 Å². The van der Waals surface area contributed by atoms with E-state index in [-0.39, 0.29) is 5.41 Å². The second kappa shape index (κ2) is 13.9. The standard InChI is InChI=1S/C58H39N3/c1-58(40-20-7-3-8-21-40)50-29-15-13-26-45(50)46-33-32-39(36-51(46)58)42-34-35-47(44-25-12-11-24-43(42)44)52-37-53(60-57(59-52)38-18-5-2-6-19-38)48-28-17-31-55-56(48)49-27-14-16-30-54(49)61(55)41-22-9-4-10-23-41/h2-37H,1H3. The van der Waals surface area contributed by atoms with Gasteiger partial charge in [-0.2, -0.15) is 0 Å². The lowest BCUT2D eigenvalue weighted by molar-refractivity contribution is 0.714. The Morgan fingerprint density at radius 1 is 0.377 bits per heavy atom. The van der Waals surface area contributed by atoms with Gasteiger partial charge in [0.15, 0.2) is 5.82 Å². The molecule has 1 atom stereocenters. The average molecular weight is 778 g/mol. The van der Waals surface area contributed by atoms with Crippen LogP contribution in [0.15, 0.2) is 218 Å². The van der Waals surface area contributed by atoms with Crippen molar-refractivity contribution in [3.8, 4) is 61.8 Å². The number of aromatic nitrogens is 3. The minimum absolute atomic E-state index is 0.277. The Labute approximate surface area is 354 Å². The third-order valence-electron chi connectivity index (χ3n) is 12.9. The summed E-state index contributed by atoms with van der Waals surface area (Å²) in [4.78, 5) is 10.7. The predicted molar refractivity (Wildman–Crippen MR) is 253 cm³/mol. The molecule has 0 saturated heterocycles. The van der Waals surface area contributed by atoms with Gasteiger partial charge in [0.1, 0.15) is 0 Å². The Morgan fingerprint density at radius 2 is 0.934 bits per heavy atom. The van der Waals surface area contributed by atoms with Crippen LogP contribution in [0, 0.1) is 0 Å². The summed E-state index contributed by atoms with van der Waals surface area (Å²) in [6, 6.07) is 78.7. The highest BCUT2D eigenvalue weighted by Gasteiger charge is 2.40. The number of fused-ring (bicyclic) bond motifs is 7. The smallest absolute Gasteiger partial charge is 0.160 e. The van der Waals surface area contributed by atoms with Crippen molar-refractivity contribution in [2.75, 3.05) is 0 Å². The quantitative estimate of drug-likeness (QED) is 0.168. The van der Waals surface area contributed by atoms with Crippen molar-refractivity contribution in [3.63, 3.8) is 0 Å². The first-order valence-electron chi connectivity index (χ1n) is 21.0. The van der Waals surface area contributed by atoms with E-state index in [1.807, 2.05) is 6.07 Å². The van der Waals surface area contributed by atoms with Gasteiger partial charge in [-0.15, -0.1) is 0 Å². The van der Waals surface area contributed by atoms with Crippen LogP contribution in [0.1, 0.15) is 23.6 Å². The fraction of sp³-hybridized carbons (Fsp3) is 0.0345. The molecule has 0 fully saturated rings. The van der Waals surface area contributed by atoms with E-state index in [4.69, 9.17) is 9.97 Å². The van der Waals surface area contributed by atoms with Gasteiger partial charge < -0.3 is 4.57 Å². The van der Waals surface area contributed by atoms with Crippen LogP contribution in [0.5, 0.6) is 0 Å². The fourth-order valence-electron chi connectivity index (χ4n) is 10.0. The zero-order valence-electron chi connectivity index (χ0n) is 33.6. The summed E-state index contributed by atoms with van der Waals surface area (Å²) in [5.41, 5.74) is 17.0. The Hall–Kier alpha value is -7.88. The molecule has 3 heteroatoms. The number of para-hydroxylation sites is 2. The van der Waals surface area contributed by atoms with Gasteiger partial charge in [0.25, 0.3) is 0 Å². The lowest BCUT2D eigenvalue weighted by Gasteiger charge is -2.28. The molecule has 0 saturated carbocycles. The number of benzene rings is 9. The third-order valence-corrected chi connectivity index (χ3v) is 12.9. The van der Waals surface area contributed by atoms with Gasteiger partial charge in [0, 0.05) is 38.6 Å². The van der Waals surface area contributed by atoms with Crippen LogP contribution < -0.4 is 0 Å². The van der Waals surface area contributed by atoms with E-state index in [1.54, 1.807) is 0 Å². The normalized spacial score (nSPS) is 14.4. The van der Waals surface area contributed by atoms with Crippen LogP contribution >= 0.6 is 0 Å². The summed E-state index contributed by atoms with van der Waals surface area (Å²) in [7, 11) is 0. The minimum Gasteiger partial charge on any atom is -0.309 e. The number of rotatable bonds is 6. The van der Waals surface area contributed by atoms with Crippen molar-refractivity contribution in [2.45, 2.75) is 12.3 Å². The van der Waals surface area contributed by atoms with E-state index in [9.17, 15) is 0 Å². The van der Waals surface area contributed by atoms with E-state index in [0.717, 1.165) is 50.2 Å². The van der Waals surface area contributed by atoms with Crippen LogP contribution in [0.3, 0.4) is 0 Å². The van der Waals surface area contributed by atoms with E-state index in [1.165, 1.54) is 55.1 Å².